The van der Waals surface area contributed by atoms with Gasteiger partial charge < -0.3 is 4.74 Å². The normalized spacial score (nSPS) is 10.5. The van der Waals surface area contributed by atoms with Gasteiger partial charge in [0.2, 0.25) is 0 Å². The van der Waals surface area contributed by atoms with Crippen molar-refractivity contribution in [1.82, 2.24) is 0 Å². The van der Waals surface area contributed by atoms with Crippen molar-refractivity contribution < 1.29 is 9.53 Å². The number of ether oxygens (including phenoxy) is 1. The van der Waals surface area contributed by atoms with Gasteiger partial charge in [-0.15, -0.1) is 0 Å². The maximum Gasteiger partial charge on any atom is 0.333 e. The topological polar surface area (TPSA) is 26.3 Å². The molecule has 0 aliphatic carbocycles. The second-order valence-corrected chi connectivity index (χ2v) is 5.61. The maximum atomic E-state index is 10.9. The molecule has 0 radical (unpaired) electrons. The quantitative estimate of drug-likeness (QED) is 0.368. The molecule has 0 aromatic heterocycles. The predicted octanol–water partition coefficient (Wildman–Crippen LogP) is 6.04. The van der Waals surface area contributed by atoms with Crippen LogP contribution < -0.4 is 0 Å². The van der Waals surface area contributed by atoms with Crippen LogP contribution in [0.3, 0.4) is 0 Å². The summed E-state index contributed by atoms with van der Waals surface area (Å²) < 4.78 is 4.56. The zero-order valence-electron chi connectivity index (χ0n) is 15.0. The van der Waals surface area contributed by atoms with Crippen LogP contribution in [0, 0.1) is 0 Å². The van der Waals surface area contributed by atoms with Gasteiger partial charge in [-0.05, 0) is 30.9 Å². The highest BCUT2D eigenvalue weighted by Gasteiger charge is 2.00. The van der Waals surface area contributed by atoms with E-state index in [1.54, 1.807) is 6.92 Å². The molecule has 0 saturated carbocycles. The minimum Gasteiger partial charge on any atom is -0.466 e. The summed E-state index contributed by atoms with van der Waals surface area (Å²) in [5.74, 6) is -0.216. The summed E-state index contributed by atoms with van der Waals surface area (Å²) in [6.45, 7) is 3.95. The van der Waals surface area contributed by atoms with E-state index in [4.69, 9.17) is 0 Å². The minimum atomic E-state index is -0.216. The van der Waals surface area contributed by atoms with Crippen molar-refractivity contribution >= 4 is 5.97 Å². The Morgan fingerprint density at radius 2 is 1.42 bits per heavy atom. The molecule has 2 rings (SSSR count). The van der Waals surface area contributed by atoms with Gasteiger partial charge in [0.15, 0.2) is 0 Å². The van der Waals surface area contributed by atoms with Crippen LogP contribution in [0.5, 0.6) is 0 Å². The van der Waals surface area contributed by atoms with Crippen LogP contribution in [-0.2, 0) is 9.53 Å². The smallest absolute Gasteiger partial charge is 0.333 e. The monoisotopic (exact) mass is 324 g/mol. The van der Waals surface area contributed by atoms with Crippen molar-refractivity contribution in [3.63, 3.8) is 0 Å². The number of hydrogen-bond acceptors (Lipinski definition) is 2. The highest BCUT2D eigenvalue weighted by molar-refractivity contribution is 5.87. The summed E-state index contributed by atoms with van der Waals surface area (Å²) >= 11 is 0. The van der Waals surface area contributed by atoms with Crippen molar-refractivity contribution in [3.05, 3.63) is 72.3 Å². The van der Waals surface area contributed by atoms with Crippen molar-refractivity contribution in [2.24, 2.45) is 0 Å². The molecule has 128 valence electrons. The van der Waals surface area contributed by atoms with Gasteiger partial charge in [0, 0.05) is 5.57 Å². The number of carbonyl (C=O) groups excluding carboxylic acids is 1. The van der Waals surface area contributed by atoms with E-state index in [1.807, 2.05) is 18.2 Å². The predicted molar refractivity (Wildman–Crippen MR) is 102 cm³/mol. The van der Waals surface area contributed by atoms with Crippen LogP contribution in [0.1, 0.15) is 39.5 Å². The lowest BCUT2D eigenvalue weighted by atomic mass is 10.1. The van der Waals surface area contributed by atoms with E-state index >= 15 is 0 Å². The zero-order valence-corrected chi connectivity index (χ0v) is 15.0. The van der Waals surface area contributed by atoms with Crippen molar-refractivity contribution in [2.75, 3.05) is 7.11 Å². The lowest BCUT2D eigenvalue weighted by Gasteiger charge is -1.98. The number of unbranched alkanes of at least 4 members (excludes halogenated alkanes) is 3. The number of carbonyl (C=O) groups is 1. The second-order valence-electron chi connectivity index (χ2n) is 5.61. The summed E-state index contributed by atoms with van der Waals surface area (Å²) in [6, 6.07) is 20.8. The van der Waals surface area contributed by atoms with Gasteiger partial charge in [0.05, 0.1) is 7.11 Å². The highest BCUT2D eigenvalue weighted by Crippen LogP contribution is 2.17. The third kappa shape index (κ3) is 7.77. The van der Waals surface area contributed by atoms with Crippen LogP contribution in [0.25, 0.3) is 11.1 Å². The number of rotatable bonds is 6. The average molecular weight is 324 g/mol. The van der Waals surface area contributed by atoms with E-state index in [0.29, 0.717) is 5.57 Å². The Balaban J connectivity index is 0.000000240. The van der Waals surface area contributed by atoms with E-state index in [-0.39, 0.29) is 5.97 Å². The van der Waals surface area contributed by atoms with Gasteiger partial charge in [-0.25, -0.2) is 4.79 Å². The summed E-state index contributed by atoms with van der Waals surface area (Å²) in [7, 11) is 1.41. The minimum absolute atomic E-state index is 0.216. The lowest BCUT2D eigenvalue weighted by Crippen LogP contribution is -2.01. The van der Waals surface area contributed by atoms with Gasteiger partial charge in [0.25, 0.3) is 0 Å². The Morgan fingerprint density at radius 1 is 0.917 bits per heavy atom. The molecule has 0 heterocycles. The lowest BCUT2D eigenvalue weighted by molar-refractivity contribution is -0.136. The Bertz CT molecular complexity index is 563. The third-order valence-corrected chi connectivity index (χ3v) is 3.65. The van der Waals surface area contributed by atoms with Crippen LogP contribution in [0.2, 0.25) is 0 Å². The van der Waals surface area contributed by atoms with Crippen LogP contribution >= 0.6 is 0 Å². The average Bonchev–Trinajstić information content (AvgIpc) is 2.66. The molecule has 2 aromatic carbocycles. The molecular weight excluding hydrogens is 296 g/mol. The standard InChI is InChI=1S/C12H10.C10H18O2/c1-3-7-11(8-4-1)12-9-5-2-6-10-12;1-4-5-6-7-8-9(2)10(11)12-3/h1-10H;8H,4-7H2,1-3H3. The first-order chi connectivity index (χ1) is 11.7. The van der Waals surface area contributed by atoms with Crippen LogP contribution in [-0.4, -0.2) is 13.1 Å². The molecule has 0 unspecified atom stereocenters. The Morgan fingerprint density at radius 3 is 1.83 bits per heavy atom. The van der Waals surface area contributed by atoms with Crippen molar-refractivity contribution in [1.29, 1.82) is 0 Å². The molecule has 0 fully saturated rings. The Labute approximate surface area is 146 Å². The summed E-state index contributed by atoms with van der Waals surface area (Å²) in [5.41, 5.74) is 3.27. The molecule has 2 heteroatoms. The molecule has 0 amide bonds. The van der Waals surface area contributed by atoms with E-state index in [2.05, 4.69) is 60.2 Å². The molecule has 2 nitrogen and oxygen atoms in total. The molecule has 0 atom stereocenters. The van der Waals surface area contributed by atoms with E-state index < -0.39 is 0 Å². The number of hydrogen-bond donors (Lipinski definition) is 0. The summed E-state index contributed by atoms with van der Waals surface area (Å²) in [6.07, 6.45) is 6.52. The van der Waals surface area contributed by atoms with E-state index in [9.17, 15) is 4.79 Å². The second kappa shape index (κ2) is 12.1. The number of benzene rings is 2. The highest BCUT2D eigenvalue weighted by atomic mass is 16.5. The fourth-order valence-electron chi connectivity index (χ4n) is 2.22. The first-order valence-corrected chi connectivity index (χ1v) is 8.54. The van der Waals surface area contributed by atoms with Gasteiger partial charge >= 0.3 is 5.97 Å². The van der Waals surface area contributed by atoms with Crippen molar-refractivity contribution in [2.45, 2.75) is 39.5 Å². The van der Waals surface area contributed by atoms with Crippen LogP contribution in [0.15, 0.2) is 72.3 Å². The van der Waals surface area contributed by atoms with E-state index in [1.165, 1.54) is 31.1 Å². The van der Waals surface area contributed by atoms with Gasteiger partial charge in [-0.3, -0.25) is 0 Å². The summed E-state index contributed by atoms with van der Waals surface area (Å²) in [5, 5.41) is 0. The molecule has 0 aliphatic heterocycles. The fourth-order valence-corrected chi connectivity index (χ4v) is 2.22. The van der Waals surface area contributed by atoms with Crippen LogP contribution in [0.4, 0.5) is 0 Å². The molecular formula is C22H28O2. The van der Waals surface area contributed by atoms with Gasteiger partial charge in [-0.2, -0.15) is 0 Å². The SMILES string of the molecule is CCCCCC=C(C)C(=O)OC.c1ccc(-c2ccccc2)cc1. The van der Waals surface area contributed by atoms with Gasteiger partial charge in [0.1, 0.15) is 0 Å². The molecule has 2 aromatic rings. The number of esters is 1. The van der Waals surface area contributed by atoms with Crippen molar-refractivity contribution in [3.8, 4) is 11.1 Å². The van der Waals surface area contributed by atoms with Gasteiger partial charge in [-0.1, -0.05) is 86.5 Å². The molecule has 24 heavy (non-hydrogen) atoms. The summed E-state index contributed by atoms with van der Waals surface area (Å²) in [4.78, 5) is 10.9. The zero-order chi connectivity index (χ0) is 17.6. The first kappa shape index (κ1) is 19.7. The Hall–Kier alpha value is -2.35. The third-order valence-electron chi connectivity index (χ3n) is 3.65. The molecule has 0 spiro atoms. The first-order valence-electron chi connectivity index (χ1n) is 8.54. The number of methoxy groups -OCH3 is 1. The Kier molecular flexibility index (Phi) is 9.95. The molecule has 0 bridgehead atoms. The number of allylic oxidation sites excluding steroid dienone is 1. The molecule has 0 saturated heterocycles. The molecule has 0 aliphatic rings. The van der Waals surface area contributed by atoms with E-state index in [0.717, 1.165) is 12.8 Å². The molecule has 0 N–H and O–H groups in total. The largest absolute Gasteiger partial charge is 0.466 e. The fraction of sp³-hybridized carbons (Fsp3) is 0.318. The maximum absolute atomic E-state index is 10.9.